The summed E-state index contributed by atoms with van der Waals surface area (Å²) in [6, 6.07) is 5.20. The van der Waals surface area contributed by atoms with Gasteiger partial charge in [0, 0.05) is 32.2 Å². The quantitative estimate of drug-likeness (QED) is 0.838. The van der Waals surface area contributed by atoms with Crippen LogP contribution in [0.5, 0.6) is 0 Å². The highest BCUT2D eigenvalue weighted by atomic mass is 32.2. The van der Waals surface area contributed by atoms with Gasteiger partial charge < -0.3 is 4.90 Å². The number of carbonyl (C=O) groups is 1. The van der Waals surface area contributed by atoms with E-state index >= 15 is 0 Å². The molecule has 0 radical (unpaired) electrons. The predicted octanol–water partition coefficient (Wildman–Crippen LogP) is 2.16. The van der Waals surface area contributed by atoms with Crippen LogP contribution in [0, 0.1) is 0 Å². The molecule has 2 heterocycles. The van der Waals surface area contributed by atoms with Crippen molar-refractivity contribution in [1.29, 1.82) is 0 Å². The maximum atomic E-state index is 12.8. The zero-order valence-corrected chi connectivity index (χ0v) is 13.7. The Labute approximate surface area is 132 Å². The van der Waals surface area contributed by atoms with Gasteiger partial charge in [-0.1, -0.05) is 18.9 Å². The fourth-order valence-corrected chi connectivity index (χ4v) is 4.82. The van der Waals surface area contributed by atoms with E-state index in [2.05, 4.69) is 0 Å². The van der Waals surface area contributed by atoms with Crippen LogP contribution < -0.4 is 4.90 Å². The van der Waals surface area contributed by atoms with Gasteiger partial charge in [-0.25, -0.2) is 8.42 Å². The lowest BCUT2D eigenvalue weighted by Gasteiger charge is -2.21. The van der Waals surface area contributed by atoms with Gasteiger partial charge in [0.05, 0.1) is 4.90 Å². The number of carbonyl (C=O) groups excluding carboxylic acids is 1. The van der Waals surface area contributed by atoms with E-state index in [1.165, 1.54) is 6.92 Å². The molecule has 1 saturated heterocycles. The smallest absolute Gasteiger partial charge is 0.243 e. The largest absolute Gasteiger partial charge is 0.312 e. The topological polar surface area (TPSA) is 57.7 Å². The molecule has 0 aromatic heterocycles. The van der Waals surface area contributed by atoms with Crippen LogP contribution in [0.1, 0.15) is 38.2 Å². The summed E-state index contributed by atoms with van der Waals surface area (Å²) in [5.41, 5.74) is 1.80. The van der Waals surface area contributed by atoms with E-state index in [0.29, 0.717) is 24.5 Å². The molecule has 0 bridgehead atoms. The standard InChI is InChI=1S/C16H22N2O3S/c1-13(19)18-11-8-14-6-7-15(12-16(14)18)22(20,21)17-9-4-2-3-5-10-17/h6-7,12H,2-5,8-11H2,1H3. The van der Waals surface area contributed by atoms with Crippen LogP contribution in [-0.2, 0) is 21.2 Å². The molecule has 0 atom stereocenters. The van der Waals surface area contributed by atoms with Crippen molar-refractivity contribution < 1.29 is 13.2 Å². The Hall–Kier alpha value is -1.40. The molecule has 22 heavy (non-hydrogen) atoms. The summed E-state index contributed by atoms with van der Waals surface area (Å²) in [7, 11) is -3.46. The molecule has 0 aliphatic carbocycles. The first-order valence-electron chi connectivity index (χ1n) is 7.91. The second-order valence-corrected chi connectivity index (χ2v) is 7.97. The van der Waals surface area contributed by atoms with Gasteiger partial charge in [0.2, 0.25) is 15.9 Å². The molecule has 2 aliphatic heterocycles. The van der Waals surface area contributed by atoms with Crippen LogP contribution in [0.25, 0.3) is 0 Å². The number of sulfonamides is 1. The van der Waals surface area contributed by atoms with E-state index in [1.54, 1.807) is 21.3 Å². The minimum atomic E-state index is -3.46. The maximum absolute atomic E-state index is 12.8. The Kier molecular flexibility index (Phi) is 4.23. The highest BCUT2D eigenvalue weighted by Crippen LogP contribution is 2.32. The number of anilines is 1. The van der Waals surface area contributed by atoms with Crippen LogP contribution in [-0.4, -0.2) is 38.3 Å². The van der Waals surface area contributed by atoms with Crippen molar-refractivity contribution in [2.24, 2.45) is 0 Å². The first-order chi connectivity index (χ1) is 10.5. The maximum Gasteiger partial charge on any atom is 0.243 e. The van der Waals surface area contributed by atoms with Crippen LogP contribution in [0.4, 0.5) is 5.69 Å². The molecular weight excluding hydrogens is 300 g/mol. The average Bonchev–Trinajstić information content (AvgIpc) is 2.71. The van der Waals surface area contributed by atoms with Gasteiger partial charge in [-0.05, 0) is 37.0 Å². The van der Waals surface area contributed by atoms with E-state index in [-0.39, 0.29) is 5.91 Å². The zero-order chi connectivity index (χ0) is 15.7. The molecular formula is C16H22N2O3S. The Bertz CT molecular complexity index is 677. The van der Waals surface area contributed by atoms with Crippen molar-refractivity contribution in [3.8, 4) is 0 Å². The number of nitrogens with zero attached hydrogens (tertiary/aromatic N) is 2. The van der Waals surface area contributed by atoms with Crippen molar-refractivity contribution in [1.82, 2.24) is 4.31 Å². The van der Waals surface area contributed by atoms with Crippen LogP contribution in [0.15, 0.2) is 23.1 Å². The Morgan fingerprint density at radius 1 is 1.05 bits per heavy atom. The van der Waals surface area contributed by atoms with Crippen molar-refractivity contribution >= 4 is 21.6 Å². The molecule has 0 N–H and O–H groups in total. The molecule has 1 amide bonds. The number of rotatable bonds is 2. The second-order valence-electron chi connectivity index (χ2n) is 6.03. The van der Waals surface area contributed by atoms with Gasteiger partial charge in [0.1, 0.15) is 0 Å². The first-order valence-corrected chi connectivity index (χ1v) is 9.35. The normalized spacial score (nSPS) is 19.8. The summed E-state index contributed by atoms with van der Waals surface area (Å²) in [5.74, 6) is -0.0388. The highest BCUT2D eigenvalue weighted by Gasteiger charge is 2.28. The van der Waals surface area contributed by atoms with Gasteiger partial charge >= 0.3 is 0 Å². The summed E-state index contributed by atoms with van der Waals surface area (Å²) in [6.07, 6.45) is 4.81. The van der Waals surface area contributed by atoms with E-state index in [0.717, 1.165) is 43.4 Å². The Morgan fingerprint density at radius 2 is 1.73 bits per heavy atom. The second kappa shape index (κ2) is 6.01. The SMILES string of the molecule is CC(=O)N1CCc2ccc(S(=O)(=O)N3CCCCCC3)cc21. The minimum Gasteiger partial charge on any atom is -0.312 e. The molecule has 0 unspecified atom stereocenters. The first kappa shape index (κ1) is 15.5. The average molecular weight is 322 g/mol. The molecule has 6 heteroatoms. The fraction of sp³-hybridized carbons (Fsp3) is 0.562. The number of amides is 1. The molecule has 5 nitrogen and oxygen atoms in total. The number of hydrogen-bond donors (Lipinski definition) is 0. The zero-order valence-electron chi connectivity index (χ0n) is 12.9. The number of benzene rings is 1. The van der Waals surface area contributed by atoms with Crippen LogP contribution in [0.3, 0.4) is 0 Å². The van der Waals surface area contributed by atoms with Gasteiger partial charge in [0.15, 0.2) is 0 Å². The summed E-state index contributed by atoms with van der Waals surface area (Å²) in [6.45, 7) is 3.34. The van der Waals surface area contributed by atoms with Gasteiger partial charge in [-0.15, -0.1) is 0 Å². The highest BCUT2D eigenvalue weighted by molar-refractivity contribution is 7.89. The third kappa shape index (κ3) is 2.77. The molecule has 1 aromatic carbocycles. The van der Waals surface area contributed by atoms with Gasteiger partial charge in [-0.2, -0.15) is 4.31 Å². The Morgan fingerprint density at radius 3 is 2.36 bits per heavy atom. The lowest BCUT2D eigenvalue weighted by atomic mass is 10.2. The van der Waals surface area contributed by atoms with Crippen molar-refractivity contribution in [3.63, 3.8) is 0 Å². The monoisotopic (exact) mass is 322 g/mol. The molecule has 0 spiro atoms. The molecule has 0 saturated carbocycles. The van der Waals surface area contributed by atoms with E-state index in [4.69, 9.17) is 0 Å². The molecule has 1 aromatic rings. The molecule has 1 fully saturated rings. The summed E-state index contributed by atoms with van der Waals surface area (Å²) in [4.78, 5) is 13.7. The van der Waals surface area contributed by atoms with Crippen molar-refractivity contribution in [3.05, 3.63) is 23.8 Å². The molecule has 2 aliphatic rings. The van der Waals surface area contributed by atoms with Crippen LogP contribution in [0.2, 0.25) is 0 Å². The van der Waals surface area contributed by atoms with Crippen molar-refractivity contribution in [2.75, 3.05) is 24.5 Å². The molecule has 120 valence electrons. The van der Waals surface area contributed by atoms with E-state index < -0.39 is 10.0 Å². The number of hydrogen-bond acceptors (Lipinski definition) is 3. The van der Waals surface area contributed by atoms with Gasteiger partial charge in [-0.3, -0.25) is 4.79 Å². The van der Waals surface area contributed by atoms with Crippen LogP contribution >= 0.6 is 0 Å². The summed E-state index contributed by atoms with van der Waals surface area (Å²) in [5, 5.41) is 0. The third-order valence-electron chi connectivity index (χ3n) is 4.54. The minimum absolute atomic E-state index is 0.0388. The predicted molar refractivity (Wildman–Crippen MR) is 85.4 cm³/mol. The summed E-state index contributed by atoms with van der Waals surface area (Å²) >= 11 is 0. The van der Waals surface area contributed by atoms with Crippen molar-refractivity contribution in [2.45, 2.75) is 43.9 Å². The lowest BCUT2D eigenvalue weighted by Crippen LogP contribution is -2.32. The fourth-order valence-electron chi connectivity index (χ4n) is 3.28. The van der Waals surface area contributed by atoms with E-state index in [9.17, 15) is 13.2 Å². The molecule has 3 rings (SSSR count). The van der Waals surface area contributed by atoms with Gasteiger partial charge in [0.25, 0.3) is 0 Å². The summed E-state index contributed by atoms with van der Waals surface area (Å²) < 4.78 is 27.3. The lowest BCUT2D eigenvalue weighted by molar-refractivity contribution is -0.116. The number of fused-ring (bicyclic) bond motifs is 1. The third-order valence-corrected chi connectivity index (χ3v) is 6.43. The van der Waals surface area contributed by atoms with E-state index in [1.807, 2.05) is 6.07 Å². The Balaban J connectivity index is 1.94.